The zero-order valence-corrected chi connectivity index (χ0v) is 54.6. The lowest BCUT2D eigenvalue weighted by atomic mass is 9.97. The number of hydrogen-bond donors (Lipinski definition) is 2. The highest BCUT2D eigenvalue weighted by molar-refractivity contribution is 6.69. The number of methoxy groups -OCH3 is 3. The first-order valence-corrected chi connectivity index (χ1v) is 34.7. The summed E-state index contributed by atoms with van der Waals surface area (Å²) in [4.78, 5) is 106. The smallest absolute Gasteiger partial charge is 0.416 e. The average molecular weight is 1280 g/mol. The lowest BCUT2D eigenvalue weighted by molar-refractivity contribution is -0.130. The molecule has 0 aromatic heterocycles. The van der Waals surface area contributed by atoms with Gasteiger partial charge in [0.15, 0.2) is 37.5 Å². The maximum atomic E-state index is 15.1. The van der Waals surface area contributed by atoms with Gasteiger partial charge in [0.2, 0.25) is 11.8 Å². The van der Waals surface area contributed by atoms with Crippen molar-refractivity contribution >= 4 is 72.9 Å². The van der Waals surface area contributed by atoms with Crippen LogP contribution in [0, 0.1) is 11.3 Å². The zero-order chi connectivity index (χ0) is 65.6. The van der Waals surface area contributed by atoms with Gasteiger partial charge in [0.05, 0.1) is 75.7 Å². The topological polar surface area (TPSA) is 243 Å². The molecule has 5 heterocycles. The monoisotopic (exact) mass is 1280 g/mol. The third-order valence-corrected chi connectivity index (χ3v) is 18.6. The first kappa shape index (κ1) is 65.9. The van der Waals surface area contributed by atoms with Gasteiger partial charge < -0.3 is 62.8 Å². The molecule has 24 heteroatoms. The van der Waals surface area contributed by atoms with E-state index in [4.69, 9.17) is 42.3 Å². The van der Waals surface area contributed by atoms with E-state index in [2.05, 4.69) is 23.8 Å². The molecule has 4 aromatic carbocycles. The van der Waals surface area contributed by atoms with Crippen molar-refractivity contribution in [2.45, 2.75) is 122 Å². The number of nitrogens with one attached hydrogen (secondary N) is 2. The number of hydrogen-bond acceptors (Lipinski definition) is 16. The fraction of sp³-hybridized carbons (Fsp3) is 0.456. The standard InChI is InChI=1S/C68H83N7O16Si/c1-11-28-88-65(80)71-27-14-16-51(71)60(76)70-59(42(4)13-3)61(77)69-46-21-17-43(18-22-46)40-90-67(82)75-53-36-58(56(85-7)34-50(53)63(79)74-41-68(25-26-68)37-54(74)64(75)91-92(8,9)10)87-31-15-30-86-57-35-52-49(33-55(57)84-6)62(78)72-38-45(44-19-23-48(83-5)24-20-44)32-47(72)39-73(52)66(81)89-29-12-2/h11-12,17-24,33-36,38,42,47,51,54,59,64H,1-2,13-16,25-32,37,39-41H2,3-10H3,(H,69,77)(H,70,76)/t42?,47-,51-,54-,59-,64?/m0/s1. The van der Waals surface area contributed by atoms with Crippen LogP contribution in [0.2, 0.25) is 19.6 Å². The van der Waals surface area contributed by atoms with Crippen LogP contribution in [-0.2, 0) is 34.8 Å². The molecular weight excluding hydrogens is 1200 g/mol. The quantitative estimate of drug-likeness (QED) is 0.0287. The fourth-order valence-electron chi connectivity index (χ4n) is 12.5. The van der Waals surface area contributed by atoms with E-state index in [1.807, 2.05) is 68.9 Å². The van der Waals surface area contributed by atoms with Gasteiger partial charge in [0.1, 0.15) is 37.7 Å². The van der Waals surface area contributed by atoms with Gasteiger partial charge in [-0.05, 0) is 123 Å². The van der Waals surface area contributed by atoms with Crippen molar-refractivity contribution in [3.05, 3.63) is 127 Å². The highest BCUT2D eigenvalue weighted by Crippen LogP contribution is 2.57. The van der Waals surface area contributed by atoms with Crippen molar-refractivity contribution in [3.8, 4) is 28.7 Å². The summed E-state index contributed by atoms with van der Waals surface area (Å²) in [6.45, 7) is 18.1. The van der Waals surface area contributed by atoms with Crippen molar-refractivity contribution in [2.24, 2.45) is 11.3 Å². The lowest BCUT2D eigenvalue weighted by Crippen LogP contribution is -2.55. The molecule has 2 saturated heterocycles. The summed E-state index contributed by atoms with van der Waals surface area (Å²) in [5, 5.41) is 5.82. The van der Waals surface area contributed by atoms with Crippen LogP contribution in [0.5, 0.6) is 28.7 Å². The number of amides is 7. The molecule has 2 N–H and O–H groups in total. The van der Waals surface area contributed by atoms with Gasteiger partial charge >= 0.3 is 18.3 Å². The van der Waals surface area contributed by atoms with Crippen molar-refractivity contribution in [1.82, 2.24) is 20.0 Å². The Morgan fingerprint density at radius 3 is 2.02 bits per heavy atom. The molecule has 6 atom stereocenters. The second-order valence-corrected chi connectivity index (χ2v) is 29.5. The Morgan fingerprint density at radius 1 is 0.772 bits per heavy atom. The minimum absolute atomic E-state index is 0.0126. The summed E-state index contributed by atoms with van der Waals surface area (Å²) in [6.07, 6.45) is 6.74. The molecule has 1 saturated carbocycles. The Hall–Kier alpha value is -9.03. The van der Waals surface area contributed by atoms with E-state index in [0.717, 1.165) is 24.0 Å². The van der Waals surface area contributed by atoms with E-state index in [9.17, 15) is 28.8 Å². The minimum atomic E-state index is -2.49. The molecule has 0 radical (unpaired) electrons. The summed E-state index contributed by atoms with van der Waals surface area (Å²) >= 11 is 0. The molecule has 5 aliphatic heterocycles. The number of carbonyl (C=O) groups excluding carboxylic acids is 7. The molecule has 490 valence electrons. The van der Waals surface area contributed by atoms with Gasteiger partial charge in [-0.1, -0.05) is 69.8 Å². The van der Waals surface area contributed by atoms with E-state index in [0.29, 0.717) is 68.6 Å². The third kappa shape index (κ3) is 14.3. The average Bonchev–Trinajstić information content (AvgIpc) is 1.56. The SMILES string of the molecule is C=CCOC(=O)N1C[C@@H]2CC(c3ccc(OC)cc3)=CN2C(=O)c2cc(OC)c(OCCCOc3cc4c(cc3OC)C(=O)N3CC5(CC5)C[C@H]3C(O[Si](C)(C)C)N4C(=O)OCc3ccc(NC(=O)[C@@H](NC(=O)[C@@H]4CCCN4C(=O)OCC=C)C(C)CC)cc3)cc21. The molecule has 1 spiro atoms. The minimum Gasteiger partial charge on any atom is -0.497 e. The number of nitrogens with zero attached hydrogens (tertiary/aromatic N) is 5. The molecule has 3 fully saturated rings. The van der Waals surface area contributed by atoms with Gasteiger partial charge in [0.25, 0.3) is 11.8 Å². The summed E-state index contributed by atoms with van der Waals surface area (Å²) < 4.78 is 53.8. The summed E-state index contributed by atoms with van der Waals surface area (Å²) in [7, 11) is 2.05. The van der Waals surface area contributed by atoms with Crippen LogP contribution in [0.3, 0.4) is 0 Å². The Balaban J connectivity index is 0.850. The number of ether oxygens (including phenoxy) is 8. The van der Waals surface area contributed by atoms with Crippen molar-refractivity contribution < 1.29 is 75.9 Å². The molecule has 23 nitrogen and oxygen atoms in total. The summed E-state index contributed by atoms with van der Waals surface area (Å²) in [5.74, 6) is -0.00560. The van der Waals surface area contributed by atoms with Crippen LogP contribution in [0.1, 0.15) is 97.1 Å². The number of anilines is 3. The van der Waals surface area contributed by atoms with Gasteiger partial charge in [0, 0.05) is 43.5 Å². The Morgan fingerprint density at radius 2 is 1.41 bits per heavy atom. The third-order valence-electron chi connectivity index (χ3n) is 17.7. The molecule has 7 amide bonds. The molecule has 0 bridgehead atoms. The second-order valence-electron chi connectivity index (χ2n) is 25.0. The maximum Gasteiger partial charge on any atom is 0.416 e. The number of benzene rings is 4. The van der Waals surface area contributed by atoms with Crippen LogP contribution < -0.4 is 44.1 Å². The second kappa shape index (κ2) is 28.2. The van der Waals surface area contributed by atoms with Crippen molar-refractivity contribution in [1.29, 1.82) is 0 Å². The number of likely N-dealkylation sites (tertiary alicyclic amines) is 1. The van der Waals surface area contributed by atoms with E-state index in [1.165, 1.54) is 41.1 Å². The van der Waals surface area contributed by atoms with Crippen molar-refractivity contribution in [2.75, 3.05) is 82.5 Å². The Kier molecular flexibility index (Phi) is 20.2. The zero-order valence-electron chi connectivity index (χ0n) is 53.6. The van der Waals surface area contributed by atoms with Gasteiger partial charge in [-0.15, -0.1) is 0 Å². The predicted molar refractivity (Wildman–Crippen MR) is 346 cm³/mol. The lowest BCUT2D eigenvalue weighted by Gasteiger charge is -2.39. The van der Waals surface area contributed by atoms with Crippen LogP contribution in [-0.4, -0.2) is 163 Å². The molecule has 92 heavy (non-hydrogen) atoms. The maximum absolute atomic E-state index is 15.1. The van der Waals surface area contributed by atoms with Crippen LogP contribution in [0.25, 0.3) is 5.57 Å². The summed E-state index contributed by atoms with van der Waals surface area (Å²) in [6, 6.07) is 18.2. The van der Waals surface area contributed by atoms with Gasteiger partial charge in [-0.25, -0.2) is 19.3 Å². The molecule has 6 aliphatic rings. The molecule has 10 rings (SSSR count). The van der Waals surface area contributed by atoms with Gasteiger partial charge in [-0.3, -0.25) is 29.0 Å². The predicted octanol–water partition coefficient (Wildman–Crippen LogP) is 10.5. The number of carbonyl (C=O) groups is 7. The molecule has 1 aliphatic carbocycles. The summed E-state index contributed by atoms with van der Waals surface area (Å²) in [5.41, 5.74) is 3.74. The Labute approximate surface area is 537 Å². The molecule has 4 aromatic rings. The first-order valence-electron chi connectivity index (χ1n) is 31.3. The highest BCUT2D eigenvalue weighted by Gasteiger charge is 2.59. The van der Waals surface area contributed by atoms with Crippen LogP contribution in [0.15, 0.2) is 104 Å². The highest BCUT2D eigenvalue weighted by atomic mass is 28.4. The molecule has 2 unspecified atom stereocenters. The normalized spacial score (nSPS) is 20.0. The van der Waals surface area contributed by atoms with Gasteiger partial charge in [-0.2, -0.15) is 0 Å². The van der Waals surface area contributed by atoms with E-state index in [-0.39, 0.29) is 108 Å². The first-order chi connectivity index (χ1) is 44.2. The van der Waals surface area contributed by atoms with Crippen molar-refractivity contribution in [3.63, 3.8) is 0 Å². The van der Waals surface area contributed by atoms with E-state index < -0.39 is 68.8 Å². The van der Waals surface area contributed by atoms with E-state index >= 15 is 4.79 Å². The van der Waals surface area contributed by atoms with E-state index in [1.54, 1.807) is 60.5 Å². The fourth-order valence-corrected chi connectivity index (χ4v) is 13.5. The Bertz CT molecular complexity index is 3500. The largest absolute Gasteiger partial charge is 0.497 e. The van der Waals surface area contributed by atoms with Crippen LogP contribution >= 0.6 is 0 Å². The van der Waals surface area contributed by atoms with Crippen LogP contribution in [0.4, 0.5) is 31.4 Å². The number of fused-ring (bicyclic) bond motifs is 4. The molecular formula is C68H83N7O16Si. The number of rotatable bonds is 24.